The highest BCUT2D eigenvalue weighted by atomic mass is 16.3. The van der Waals surface area contributed by atoms with Crippen molar-refractivity contribution in [3.8, 4) is 0 Å². The molecule has 0 fully saturated rings. The molecule has 0 radical (unpaired) electrons. The van der Waals surface area contributed by atoms with E-state index in [0.29, 0.717) is 6.54 Å². The number of nitrogens with zero attached hydrogens (tertiary/aromatic N) is 2. The molecule has 0 aliphatic carbocycles. The Kier molecular flexibility index (Phi) is 4.50. The first kappa shape index (κ1) is 13.2. The number of hydrogen-bond acceptors (Lipinski definition) is 3. The van der Waals surface area contributed by atoms with Crippen molar-refractivity contribution in [3.63, 3.8) is 0 Å². The predicted octanol–water partition coefficient (Wildman–Crippen LogP) is 1.33. The molecular weight excluding hydrogens is 202 g/mol. The van der Waals surface area contributed by atoms with Crippen LogP contribution in [0.1, 0.15) is 39.1 Å². The lowest BCUT2D eigenvalue weighted by molar-refractivity contribution is 0.0793. The molecule has 0 amide bonds. The van der Waals surface area contributed by atoms with Gasteiger partial charge >= 0.3 is 0 Å². The van der Waals surface area contributed by atoms with E-state index < -0.39 is 5.60 Å². The van der Waals surface area contributed by atoms with E-state index in [2.05, 4.69) is 30.3 Å². The van der Waals surface area contributed by atoms with Crippen molar-refractivity contribution in [1.29, 1.82) is 0 Å². The zero-order chi connectivity index (χ0) is 12.2. The quantitative estimate of drug-likeness (QED) is 0.768. The molecule has 0 aliphatic rings. The van der Waals surface area contributed by atoms with Crippen LogP contribution >= 0.6 is 0 Å². The molecule has 92 valence electrons. The number of aromatic nitrogens is 2. The van der Waals surface area contributed by atoms with E-state index in [1.807, 2.05) is 4.68 Å². The molecule has 1 aromatic rings. The summed E-state index contributed by atoms with van der Waals surface area (Å²) in [5, 5.41) is 17.3. The van der Waals surface area contributed by atoms with Crippen LogP contribution in [-0.2, 0) is 19.5 Å². The molecule has 4 nitrogen and oxygen atoms in total. The maximum atomic E-state index is 9.59. The van der Waals surface area contributed by atoms with E-state index in [1.165, 1.54) is 5.69 Å². The molecule has 1 rings (SSSR count). The summed E-state index contributed by atoms with van der Waals surface area (Å²) in [7, 11) is 0. The summed E-state index contributed by atoms with van der Waals surface area (Å²) in [5.74, 6) is 0. The van der Waals surface area contributed by atoms with E-state index in [9.17, 15) is 5.11 Å². The zero-order valence-corrected chi connectivity index (χ0v) is 10.7. The minimum Gasteiger partial charge on any atom is -0.389 e. The van der Waals surface area contributed by atoms with Crippen LogP contribution in [-0.4, -0.2) is 27.0 Å². The van der Waals surface area contributed by atoms with Crippen LogP contribution in [0.15, 0.2) is 6.07 Å². The smallest absolute Gasteiger partial charge is 0.0715 e. The summed E-state index contributed by atoms with van der Waals surface area (Å²) in [5.41, 5.74) is 1.65. The van der Waals surface area contributed by atoms with Gasteiger partial charge in [-0.05, 0) is 33.3 Å². The molecule has 4 heteroatoms. The van der Waals surface area contributed by atoms with Gasteiger partial charge in [-0.25, -0.2) is 0 Å². The van der Waals surface area contributed by atoms with Gasteiger partial charge in [-0.1, -0.05) is 6.92 Å². The fourth-order valence-electron chi connectivity index (χ4n) is 1.60. The summed E-state index contributed by atoms with van der Waals surface area (Å²) < 4.78 is 2.01. The first-order chi connectivity index (χ1) is 7.46. The Morgan fingerprint density at radius 3 is 2.62 bits per heavy atom. The first-order valence-electron chi connectivity index (χ1n) is 5.95. The van der Waals surface area contributed by atoms with E-state index in [4.69, 9.17) is 0 Å². The zero-order valence-electron chi connectivity index (χ0n) is 10.7. The number of rotatable bonds is 6. The molecule has 1 heterocycles. The molecule has 0 saturated heterocycles. The van der Waals surface area contributed by atoms with Crippen molar-refractivity contribution < 1.29 is 5.11 Å². The average molecular weight is 225 g/mol. The molecule has 0 bridgehead atoms. The molecule has 0 aromatic carbocycles. The number of aliphatic hydroxyl groups is 1. The lowest BCUT2D eigenvalue weighted by atomic mass is 10.1. The summed E-state index contributed by atoms with van der Waals surface area (Å²) in [6, 6.07) is 2.13. The van der Waals surface area contributed by atoms with Crippen molar-refractivity contribution >= 4 is 0 Å². The summed E-state index contributed by atoms with van der Waals surface area (Å²) in [4.78, 5) is 0. The van der Waals surface area contributed by atoms with Gasteiger partial charge in [0.1, 0.15) is 0 Å². The predicted molar refractivity (Wildman–Crippen MR) is 65.3 cm³/mol. The molecule has 0 atom stereocenters. The number of aryl methyl sites for hydroxylation is 2. The minimum atomic E-state index is -0.662. The second-order valence-electron chi connectivity index (χ2n) is 4.71. The molecular formula is C12H23N3O. The van der Waals surface area contributed by atoms with Gasteiger partial charge in [-0.2, -0.15) is 5.10 Å². The van der Waals surface area contributed by atoms with Crippen LogP contribution in [0, 0.1) is 0 Å². The molecule has 16 heavy (non-hydrogen) atoms. The SMILES string of the molecule is CCc1cc(CNCC(C)(C)O)n(CC)n1. The van der Waals surface area contributed by atoms with Gasteiger partial charge in [0.25, 0.3) is 0 Å². The third-order valence-corrected chi connectivity index (χ3v) is 2.44. The monoisotopic (exact) mass is 225 g/mol. The maximum Gasteiger partial charge on any atom is 0.0715 e. The maximum absolute atomic E-state index is 9.59. The molecule has 0 aliphatic heterocycles. The van der Waals surface area contributed by atoms with Gasteiger partial charge < -0.3 is 10.4 Å². The number of hydrogen-bond donors (Lipinski definition) is 2. The van der Waals surface area contributed by atoms with Crippen molar-refractivity contribution in [2.75, 3.05) is 6.54 Å². The molecule has 1 aromatic heterocycles. The van der Waals surface area contributed by atoms with Crippen LogP contribution in [0.5, 0.6) is 0 Å². The van der Waals surface area contributed by atoms with Crippen molar-refractivity contribution in [1.82, 2.24) is 15.1 Å². The molecule has 2 N–H and O–H groups in total. The van der Waals surface area contributed by atoms with Gasteiger partial charge in [0, 0.05) is 19.6 Å². The lowest BCUT2D eigenvalue weighted by Gasteiger charge is -2.17. The molecule has 0 saturated carbocycles. The van der Waals surface area contributed by atoms with Crippen molar-refractivity contribution in [2.45, 2.75) is 52.8 Å². The minimum absolute atomic E-state index is 0.587. The highest BCUT2D eigenvalue weighted by Gasteiger charge is 2.12. The lowest BCUT2D eigenvalue weighted by Crippen LogP contribution is -2.34. The van der Waals surface area contributed by atoms with Gasteiger partial charge in [-0.3, -0.25) is 4.68 Å². The summed E-state index contributed by atoms with van der Waals surface area (Å²) >= 11 is 0. The second kappa shape index (κ2) is 5.46. The van der Waals surface area contributed by atoms with Crippen LogP contribution in [0.2, 0.25) is 0 Å². The first-order valence-corrected chi connectivity index (χ1v) is 5.95. The Balaban J connectivity index is 2.55. The van der Waals surface area contributed by atoms with Crippen LogP contribution in [0.4, 0.5) is 0 Å². The molecule has 0 spiro atoms. The summed E-state index contributed by atoms with van der Waals surface area (Å²) in [6.07, 6.45) is 0.964. The number of nitrogens with one attached hydrogen (secondary N) is 1. The normalized spacial score (nSPS) is 12.1. The Bertz CT molecular complexity index is 325. The topological polar surface area (TPSA) is 50.1 Å². The fourth-order valence-corrected chi connectivity index (χ4v) is 1.60. The van der Waals surface area contributed by atoms with E-state index >= 15 is 0 Å². The Morgan fingerprint density at radius 1 is 1.44 bits per heavy atom. The van der Waals surface area contributed by atoms with Gasteiger partial charge in [0.15, 0.2) is 0 Å². The second-order valence-corrected chi connectivity index (χ2v) is 4.71. The van der Waals surface area contributed by atoms with Crippen LogP contribution < -0.4 is 5.32 Å². The van der Waals surface area contributed by atoms with Crippen molar-refractivity contribution in [3.05, 3.63) is 17.5 Å². The standard InChI is InChI=1S/C12H23N3O/c1-5-10-7-11(15(6-2)14-10)8-13-9-12(3,4)16/h7,13,16H,5-6,8-9H2,1-4H3. The van der Waals surface area contributed by atoms with Gasteiger partial charge in [0.2, 0.25) is 0 Å². The van der Waals surface area contributed by atoms with E-state index in [0.717, 1.165) is 25.2 Å². The Morgan fingerprint density at radius 2 is 2.12 bits per heavy atom. The molecule has 0 unspecified atom stereocenters. The Hall–Kier alpha value is -0.870. The van der Waals surface area contributed by atoms with Crippen LogP contribution in [0.3, 0.4) is 0 Å². The largest absolute Gasteiger partial charge is 0.389 e. The van der Waals surface area contributed by atoms with Gasteiger partial charge in [-0.15, -0.1) is 0 Å². The Labute approximate surface area is 97.7 Å². The third-order valence-electron chi connectivity index (χ3n) is 2.44. The third kappa shape index (κ3) is 3.94. The average Bonchev–Trinajstić information content (AvgIpc) is 2.58. The highest BCUT2D eigenvalue weighted by Crippen LogP contribution is 2.06. The summed E-state index contributed by atoms with van der Waals surface area (Å²) in [6.45, 7) is 10.0. The van der Waals surface area contributed by atoms with E-state index in [-0.39, 0.29) is 0 Å². The van der Waals surface area contributed by atoms with Crippen molar-refractivity contribution in [2.24, 2.45) is 0 Å². The van der Waals surface area contributed by atoms with E-state index in [1.54, 1.807) is 13.8 Å². The highest BCUT2D eigenvalue weighted by molar-refractivity contribution is 5.10. The fraction of sp³-hybridized carbons (Fsp3) is 0.750. The van der Waals surface area contributed by atoms with Gasteiger partial charge in [0.05, 0.1) is 17.0 Å². The van der Waals surface area contributed by atoms with Crippen LogP contribution in [0.25, 0.3) is 0 Å².